The number of carbonyl (C=O) groups is 1. The van der Waals surface area contributed by atoms with Crippen molar-refractivity contribution in [3.63, 3.8) is 0 Å². The predicted octanol–water partition coefficient (Wildman–Crippen LogP) is 3.40. The number of aliphatic imine (C=N–C) groups is 1. The van der Waals surface area contributed by atoms with E-state index in [0.717, 1.165) is 29.6 Å². The summed E-state index contributed by atoms with van der Waals surface area (Å²) in [4.78, 5) is 19.3. The van der Waals surface area contributed by atoms with E-state index in [-0.39, 0.29) is 5.91 Å². The van der Waals surface area contributed by atoms with Gasteiger partial charge >= 0.3 is 0 Å². The number of ether oxygens (including phenoxy) is 1. The second-order valence-electron chi connectivity index (χ2n) is 5.75. The highest BCUT2D eigenvalue weighted by molar-refractivity contribution is 8.18. The zero-order valence-corrected chi connectivity index (χ0v) is 13.7. The Morgan fingerprint density at radius 3 is 3.00 bits per heavy atom. The highest BCUT2D eigenvalue weighted by Crippen LogP contribution is 2.33. The van der Waals surface area contributed by atoms with E-state index in [2.05, 4.69) is 16.8 Å². The number of benzene rings is 1. The first kappa shape index (κ1) is 15.2. The van der Waals surface area contributed by atoms with Crippen LogP contribution >= 0.6 is 11.8 Å². The summed E-state index contributed by atoms with van der Waals surface area (Å²) in [7, 11) is 1.64. The zero-order valence-electron chi connectivity index (χ0n) is 12.9. The van der Waals surface area contributed by atoms with Crippen molar-refractivity contribution in [2.24, 2.45) is 10.9 Å². The van der Waals surface area contributed by atoms with Crippen LogP contribution in [0.2, 0.25) is 0 Å². The first-order chi connectivity index (χ1) is 10.7. The average Bonchev–Trinajstić information content (AvgIpc) is 2.89. The summed E-state index contributed by atoms with van der Waals surface area (Å²) in [6.45, 7) is 4.23. The highest BCUT2D eigenvalue weighted by atomic mass is 32.2. The van der Waals surface area contributed by atoms with Crippen LogP contribution < -0.4 is 4.74 Å². The van der Waals surface area contributed by atoms with Gasteiger partial charge in [0.15, 0.2) is 5.17 Å². The maximum absolute atomic E-state index is 12.2. The lowest BCUT2D eigenvalue weighted by Gasteiger charge is -2.31. The standard InChI is InChI=1S/C17H20N2O2S/c1-12-6-5-9-19(11-12)17-18-16(20)15(22-17)10-13-7-3-4-8-14(13)21-2/h3-4,7-8,10,12H,5-6,9,11H2,1-2H3/b15-10+/t12-/m0/s1. The minimum atomic E-state index is -0.149. The molecule has 5 heteroatoms. The minimum Gasteiger partial charge on any atom is -0.496 e. The fourth-order valence-corrected chi connectivity index (χ4v) is 3.76. The third-order valence-corrected chi connectivity index (χ3v) is 5.01. The average molecular weight is 316 g/mol. The van der Waals surface area contributed by atoms with Crippen LogP contribution in [0.15, 0.2) is 34.2 Å². The summed E-state index contributed by atoms with van der Waals surface area (Å²) in [6.07, 6.45) is 4.29. The van der Waals surface area contributed by atoms with E-state index in [1.54, 1.807) is 7.11 Å². The van der Waals surface area contributed by atoms with Gasteiger partial charge in [0.25, 0.3) is 5.91 Å². The molecule has 1 fully saturated rings. The number of amides is 1. The van der Waals surface area contributed by atoms with Crippen LogP contribution in [0.25, 0.3) is 6.08 Å². The molecule has 0 aromatic heterocycles. The molecule has 2 aliphatic rings. The van der Waals surface area contributed by atoms with E-state index < -0.39 is 0 Å². The number of likely N-dealkylation sites (tertiary alicyclic amines) is 1. The zero-order chi connectivity index (χ0) is 15.5. The molecule has 116 valence electrons. The fraction of sp³-hybridized carbons (Fsp3) is 0.412. The van der Waals surface area contributed by atoms with Crippen LogP contribution in [0.4, 0.5) is 0 Å². The molecule has 0 spiro atoms. The van der Waals surface area contributed by atoms with Crippen LogP contribution in [0, 0.1) is 5.92 Å². The van der Waals surface area contributed by atoms with Gasteiger partial charge in [-0.15, -0.1) is 0 Å². The van der Waals surface area contributed by atoms with Crippen molar-refractivity contribution >= 4 is 28.9 Å². The minimum absolute atomic E-state index is 0.149. The van der Waals surface area contributed by atoms with Gasteiger partial charge in [-0.3, -0.25) is 4.79 Å². The number of para-hydroxylation sites is 1. The van der Waals surface area contributed by atoms with Gasteiger partial charge in [-0.1, -0.05) is 25.1 Å². The summed E-state index contributed by atoms with van der Waals surface area (Å²) in [5.74, 6) is 1.28. The van der Waals surface area contributed by atoms with Crippen LogP contribution in [-0.2, 0) is 4.79 Å². The number of hydrogen-bond acceptors (Lipinski definition) is 4. The predicted molar refractivity (Wildman–Crippen MR) is 91.0 cm³/mol. The molecule has 1 atom stereocenters. The molecule has 1 saturated heterocycles. The molecule has 0 saturated carbocycles. The van der Waals surface area contributed by atoms with Crippen LogP contribution in [-0.4, -0.2) is 36.2 Å². The molecule has 4 nitrogen and oxygen atoms in total. The van der Waals surface area contributed by atoms with Gasteiger partial charge in [0.05, 0.1) is 12.0 Å². The van der Waals surface area contributed by atoms with Gasteiger partial charge in [-0.25, -0.2) is 0 Å². The lowest BCUT2D eigenvalue weighted by molar-refractivity contribution is -0.113. The van der Waals surface area contributed by atoms with Crippen molar-refractivity contribution in [3.8, 4) is 5.75 Å². The first-order valence-corrected chi connectivity index (χ1v) is 8.39. The maximum Gasteiger partial charge on any atom is 0.286 e. The Hall–Kier alpha value is -1.75. The molecule has 0 N–H and O–H groups in total. The van der Waals surface area contributed by atoms with E-state index in [9.17, 15) is 4.79 Å². The van der Waals surface area contributed by atoms with Gasteiger partial charge in [-0.05, 0) is 42.7 Å². The van der Waals surface area contributed by atoms with Crippen molar-refractivity contribution < 1.29 is 9.53 Å². The number of carbonyl (C=O) groups excluding carboxylic acids is 1. The number of hydrogen-bond donors (Lipinski definition) is 0. The molecule has 2 aliphatic heterocycles. The summed E-state index contributed by atoms with van der Waals surface area (Å²) in [5.41, 5.74) is 0.907. The van der Waals surface area contributed by atoms with E-state index in [1.165, 1.54) is 24.6 Å². The summed E-state index contributed by atoms with van der Waals surface area (Å²) >= 11 is 1.47. The number of methoxy groups -OCH3 is 1. The van der Waals surface area contributed by atoms with Crippen molar-refractivity contribution in [3.05, 3.63) is 34.7 Å². The Labute approximate surface area is 135 Å². The van der Waals surface area contributed by atoms with Crippen molar-refractivity contribution in [1.29, 1.82) is 0 Å². The second-order valence-corrected chi connectivity index (χ2v) is 6.75. The third-order valence-electron chi connectivity index (χ3n) is 3.96. The normalized spacial score (nSPS) is 23.8. The molecule has 3 rings (SSSR count). The quantitative estimate of drug-likeness (QED) is 0.784. The summed E-state index contributed by atoms with van der Waals surface area (Å²) < 4.78 is 5.34. The Kier molecular flexibility index (Phi) is 4.52. The van der Waals surface area contributed by atoms with Gasteiger partial charge in [0.2, 0.25) is 0 Å². The van der Waals surface area contributed by atoms with Crippen LogP contribution in [0.1, 0.15) is 25.3 Å². The molecular weight excluding hydrogens is 296 g/mol. The van der Waals surface area contributed by atoms with E-state index >= 15 is 0 Å². The van der Waals surface area contributed by atoms with Crippen molar-refractivity contribution in [2.75, 3.05) is 20.2 Å². The van der Waals surface area contributed by atoms with Gasteiger partial charge in [-0.2, -0.15) is 4.99 Å². The Balaban J connectivity index is 1.78. The topological polar surface area (TPSA) is 41.9 Å². The fourth-order valence-electron chi connectivity index (χ4n) is 2.82. The summed E-state index contributed by atoms with van der Waals surface area (Å²) in [6, 6.07) is 7.69. The molecule has 0 aliphatic carbocycles. The van der Waals surface area contributed by atoms with Crippen LogP contribution in [0.3, 0.4) is 0 Å². The second kappa shape index (κ2) is 6.57. The molecule has 1 aromatic carbocycles. The lowest BCUT2D eigenvalue weighted by atomic mass is 10.0. The van der Waals surface area contributed by atoms with Crippen molar-refractivity contribution in [2.45, 2.75) is 19.8 Å². The third kappa shape index (κ3) is 3.19. The first-order valence-electron chi connectivity index (χ1n) is 7.58. The summed E-state index contributed by atoms with van der Waals surface area (Å²) in [5, 5.41) is 0.845. The van der Waals surface area contributed by atoms with Gasteiger partial charge in [0.1, 0.15) is 5.75 Å². The molecule has 2 heterocycles. The molecule has 0 bridgehead atoms. The van der Waals surface area contributed by atoms with E-state index in [0.29, 0.717) is 10.8 Å². The van der Waals surface area contributed by atoms with E-state index in [4.69, 9.17) is 4.74 Å². The van der Waals surface area contributed by atoms with Crippen molar-refractivity contribution in [1.82, 2.24) is 4.90 Å². The number of piperidine rings is 1. The molecule has 0 radical (unpaired) electrons. The van der Waals surface area contributed by atoms with Gasteiger partial charge in [0, 0.05) is 18.7 Å². The van der Waals surface area contributed by atoms with E-state index in [1.807, 2.05) is 30.3 Å². The Bertz CT molecular complexity index is 639. The molecule has 0 unspecified atom stereocenters. The van der Waals surface area contributed by atoms with Crippen LogP contribution in [0.5, 0.6) is 5.75 Å². The Morgan fingerprint density at radius 1 is 1.41 bits per heavy atom. The largest absolute Gasteiger partial charge is 0.496 e. The molecule has 1 amide bonds. The molecular formula is C17H20N2O2S. The Morgan fingerprint density at radius 2 is 2.23 bits per heavy atom. The lowest BCUT2D eigenvalue weighted by Crippen LogP contribution is -2.37. The monoisotopic (exact) mass is 316 g/mol. The molecule has 1 aromatic rings. The highest BCUT2D eigenvalue weighted by Gasteiger charge is 2.28. The van der Waals surface area contributed by atoms with Gasteiger partial charge < -0.3 is 9.64 Å². The number of thioether (sulfide) groups is 1. The molecule has 22 heavy (non-hydrogen) atoms. The SMILES string of the molecule is COc1ccccc1/C=C1/SC(N2CCC[C@H](C)C2)=NC1=O. The number of amidine groups is 1. The number of rotatable bonds is 2. The number of nitrogens with zero attached hydrogens (tertiary/aromatic N) is 2. The smallest absolute Gasteiger partial charge is 0.286 e. The maximum atomic E-state index is 12.2.